The summed E-state index contributed by atoms with van der Waals surface area (Å²) in [5.74, 6) is 3.04. The minimum atomic E-state index is 0.736. The molecule has 8 rings (SSSR count). The smallest absolute Gasteiger partial charge is 0.137 e. The number of nitrogens with one attached hydrogen (secondary N) is 2. The van der Waals surface area contributed by atoms with Crippen molar-refractivity contribution in [2.24, 2.45) is 0 Å². The van der Waals surface area contributed by atoms with E-state index in [1.54, 1.807) is 0 Å². The summed E-state index contributed by atoms with van der Waals surface area (Å²) in [5, 5.41) is 7.14. The lowest BCUT2D eigenvalue weighted by atomic mass is 9.98. The molecule has 0 saturated carbocycles. The number of hydrogen-bond donors (Lipinski definition) is 2. The molecule has 4 nitrogen and oxygen atoms in total. The molecule has 45 heavy (non-hydrogen) atoms. The molecule has 0 atom stereocenters. The predicted octanol–water partition coefficient (Wildman–Crippen LogP) is 10.8. The van der Waals surface area contributed by atoms with Gasteiger partial charge in [0.2, 0.25) is 0 Å². The molecule has 2 aliphatic heterocycles. The van der Waals surface area contributed by atoms with Gasteiger partial charge in [-0.2, -0.15) is 0 Å². The molecular weight excluding hydrogens is 552 g/mol. The summed E-state index contributed by atoms with van der Waals surface area (Å²) in [4.78, 5) is 0. The maximum atomic E-state index is 6.84. The van der Waals surface area contributed by atoms with Gasteiger partial charge in [-0.05, 0) is 54.1 Å². The van der Waals surface area contributed by atoms with Crippen LogP contribution in [0.3, 0.4) is 0 Å². The minimum absolute atomic E-state index is 0.736. The summed E-state index contributed by atoms with van der Waals surface area (Å²) >= 11 is 0. The zero-order chi connectivity index (χ0) is 30.0. The lowest BCUT2D eigenvalue weighted by molar-refractivity contribution is 0.472. The number of anilines is 2. The zero-order valence-corrected chi connectivity index (χ0v) is 24.5. The average molecular weight is 583 g/mol. The first kappa shape index (κ1) is 26.6. The molecule has 2 heterocycles. The van der Waals surface area contributed by atoms with Crippen molar-refractivity contribution in [3.63, 3.8) is 0 Å². The van der Waals surface area contributed by atoms with Crippen molar-refractivity contribution in [3.8, 4) is 56.4 Å². The van der Waals surface area contributed by atoms with E-state index in [1.807, 2.05) is 42.5 Å². The van der Waals surface area contributed by atoms with E-state index in [0.717, 1.165) is 85.6 Å². The molecule has 0 aromatic heterocycles. The van der Waals surface area contributed by atoms with E-state index in [0.29, 0.717) is 0 Å². The van der Waals surface area contributed by atoms with Crippen LogP contribution in [0.4, 0.5) is 11.4 Å². The van der Waals surface area contributed by atoms with E-state index >= 15 is 0 Å². The molecule has 6 aromatic carbocycles. The molecule has 0 saturated heterocycles. The van der Waals surface area contributed by atoms with Crippen LogP contribution in [-0.4, -0.2) is 6.54 Å². The van der Waals surface area contributed by atoms with Gasteiger partial charge in [0.1, 0.15) is 23.0 Å². The second-order valence-corrected chi connectivity index (χ2v) is 11.0. The SMILES string of the molecule is C1=CCNC(c2ccc3c(c2)Oc2ccccc2-c2ccccc2Oc2cc(Nc4ccccc4-c4ccccc4)ccc2-3)=C1. The fraction of sp³-hybridized carbons (Fsp3) is 0.0244. The number of fused-ring (bicyclic) bond motifs is 6. The van der Waals surface area contributed by atoms with Gasteiger partial charge in [0, 0.05) is 63.1 Å². The molecule has 0 amide bonds. The van der Waals surface area contributed by atoms with Gasteiger partial charge in [0.05, 0.1) is 0 Å². The number of dihydropyridines is 1. The third-order valence-corrected chi connectivity index (χ3v) is 8.17. The van der Waals surface area contributed by atoms with Crippen LogP contribution < -0.4 is 20.1 Å². The summed E-state index contributed by atoms with van der Waals surface area (Å²) in [6, 6.07) is 47.7. The minimum Gasteiger partial charge on any atom is -0.456 e. The first-order valence-corrected chi connectivity index (χ1v) is 15.2. The van der Waals surface area contributed by atoms with E-state index in [-0.39, 0.29) is 0 Å². The van der Waals surface area contributed by atoms with E-state index < -0.39 is 0 Å². The number of para-hydroxylation sites is 3. The molecule has 0 bridgehead atoms. The Bertz CT molecular complexity index is 2100. The first-order chi connectivity index (χ1) is 22.3. The van der Waals surface area contributed by atoms with Gasteiger partial charge in [0.15, 0.2) is 0 Å². The maximum absolute atomic E-state index is 6.84. The Hall–Kier alpha value is -6.00. The van der Waals surface area contributed by atoms with Gasteiger partial charge < -0.3 is 20.1 Å². The van der Waals surface area contributed by atoms with E-state index in [1.165, 1.54) is 0 Å². The summed E-state index contributed by atoms with van der Waals surface area (Å²) < 4.78 is 13.7. The van der Waals surface area contributed by atoms with Gasteiger partial charge in [-0.15, -0.1) is 0 Å². The summed E-state index contributed by atoms with van der Waals surface area (Å²) in [5.41, 5.74) is 10.2. The molecule has 0 radical (unpaired) electrons. The molecule has 0 unspecified atom stereocenters. The number of allylic oxidation sites excluding steroid dienone is 2. The molecule has 0 fully saturated rings. The Balaban J connectivity index is 1.28. The fourth-order valence-electron chi connectivity index (χ4n) is 5.97. The predicted molar refractivity (Wildman–Crippen MR) is 184 cm³/mol. The molecule has 0 aliphatic carbocycles. The van der Waals surface area contributed by atoms with Crippen LogP contribution in [0.15, 0.2) is 158 Å². The number of benzene rings is 6. The first-order valence-electron chi connectivity index (χ1n) is 15.2. The quantitative estimate of drug-likeness (QED) is 0.217. The van der Waals surface area contributed by atoms with Crippen molar-refractivity contribution >= 4 is 17.1 Å². The molecule has 216 valence electrons. The van der Waals surface area contributed by atoms with Gasteiger partial charge in [-0.25, -0.2) is 0 Å². The molecule has 2 aliphatic rings. The maximum Gasteiger partial charge on any atom is 0.137 e. The molecule has 4 heteroatoms. The van der Waals surface area contributed by atoms with Crippen molar-refractivity contribution in [2.45, 2.75) is 0 Å². The highest BCUT2D eigenvalue weighted by molar-refractivity contribution is 5.86. The molecule has 2 N–H and O–H groups in total. The average Bonchev–Trinajstić information content (AvgIpc) is 3.10. The Labute approximate surface area is 262 Å². The standard InChI is InChI=1S/C41H30N2O2/c1-2-12-28(13-3-1)31-14-4-7-18-37(31)43-30-22-24-35-34-23-21-29(36-17-10-11-25-42-36)26-40(34)44-38-19-8-5-15-32(38)33-16-6-9-20-39(33)45-41(35)27-30/h1-24,26-27,42-43H,25H2. The highest BCUT2D eigenvalue weighted by atomic mass is 16.5. The van der Waals surface area contributed by atoms with Crippen LogP contribution in [0.2, 0.25) is 0 Å². The second-order valence-electron chi connectivity index (χ2n) is 11.0. The van der Waals surface area contributed by atoms with Gasteiger partial charge >= 0.3 is 0 Å². The van der Waals surface area contributed by atoms with Crippen LogP contribution in [0.25, 0.3) is 39.1 Å². The number of hydrogen-bond acceptors (Lipinski definition) is 4. The molecular formula is C41H30N2O2. The summed E-state index contributed by atoms with van der Waals surface area (Å²) in [6.45, 7) is 0.795. The summed E-state index contributed by atoms with van der Waals surface area (Å²) in [7, 11) is 0. The highest BCUT2D eigenvalue weighted by Crippen LogP contribution is 2.48. The normalized spacial score (nSPS) is 12.9. The van der Waals surface area contributed by atoms with Crippen LogP contribution in [-0.2, 0) is 0 Å². The topological polar surface area (TPSA) is 42.5 Å². The van der Waals surface area contributed by atoms with Crippen LogP contribution in [0, 0.1) is 0 Å². The number of ether oxygens (including phenoxy) is 2. The van der Waals surface area contributed by atoms with E-state index in [9.17, 15) is 0 Å². The Morgan fingerprint density at radius 1 is 0.489 bits per heavy atom. The van der Waals surface area contributed by atoms with Crippen molar-refractivity contribution < 1.29 is 9.47 Å². The number of rotatable bonds is 4. The van der Waals surface area contributed by atoms with Gasteiger partial charge in [-0.3, -0.25) is 0 Å². The van der Waals surface area contributed by atoms with Crippen LogP contribution in [0.5, 0.6) is 23.0 Å². The van der Waals surface area contributed by atoms with Gasteiger partial charge in [-0.1, -0.05) is 103 Å². The third-order valence-electron chi connectivity index (χ3n) is 8.17. The van der Waals surface area contributed by atoms with Crippen LogP contribution >= 0.6 is 0 Å². The van der Waals surface area contributed by atoms with Gasteiger partial charge in [0.25, 0.3) is 0 Å². The fourth-order valence-corrected chi connectivity index (χ4v) is 5.97. The monoisotopic (exact) mass is 582 g/mol. The largest absolute Gasteiger partial charge is 0.456 e. The van der Waals surface area contributed by atoms with Crippen molar-refractivity contribution in [1.82, 2.24) is 5.32 Å². The highest BCUT2D eigenvalue weighted by Gasteiger charge is 2.21. The summed E-state index contributed by atoms with van der Waals surface area (Å²) in [6.07, 6.45) is 6.28. The van der Waals surface area contributed by atoms with Crippen molar-refractivity contribution in [2.75, 3.05) is 11.9 Å². The third kappa shape index (κ3) is 5.23. The van der Waals surface area contributed by atoms with E-state index in [4.69, 9.17) is 9.47 Å². The second kappa shape index (κ2) is 11.6. The lowest BCUT2D eigenvalue weighted by Crippen LogP contribution is -2.14. The Kier molecular flexibility index (Phi) is 6.85. The molecule has 0 spiro atoms. The van der Waals surface area contributed by atoms with Crippen molar-refractivity contribution in [1.29, 1.82) is 0 Å². The van der Waals surface area contributed by atoms with Crippen molar-refractivity contribution in [3.05, 3.63) is 163 Å². The Morgan fingerprint density at radius 2 is 1.09 bits per heavy atom. The lowest BCUT2D eigenvalue weighted by Gasteiger charge is -2.23. The molecule has 6 aromatic rings. The zero-order valence-electron chi connectivity index (χ0n) is 24.5. The van der Waals surface area contributed by atoms with Crippen LogP contribution in [0.1, 0.15) is 5.56 Å². The van der Waals surface area contributed by atoms with E-state index in [2.05, 4.69) is 126 Å². The Morgan fingerprint density at radius 3 is 1.80 bits per heavy atom.